The van der Waals surface area contributed by atoms with E-state index in [0.717, 1.165) is 11.1 Å². The van der Waals surface area contributed by atoms with Crippen LogP contribution < -0.4 is 10.8 Å². The summed E-state index contributed by atoms with van der Waals surface area (Å²) < 4.78 is 0. The molecule has 1 unspecified atom stereocenters. The summed E-state index contributed by atoms with van der Waals surface area (Å²) >= 11 is 0. The highest BCUT2D eigenvalue weighted by Crippen LogP contribution is 2.36. The average molecular weight is 272 g/mol. The van der Waals surface area contributed by atoms with Crippen molar-refractivity contribution in [2.45, 2.75) is 6.42 Å². The predicted octanol–water partition coefficient (Wildman–Crippen LogP) is 1.27. The molecular weight excluding hydrogens is 256 g/mol. The van der Waals surface area contributed by atoms with Crippen molar-refractivity contribution in [2.75, 3.05) is 7.05 Å². The van der Waals surface area contributed by atoms with Crippen molar-refractivity contribution in [1.82, 2.24) is 10.8 Å². The molecule has 1 aromatic rings. The normalized spacial score (nSPS) is 21.0. The second kappa shape index (κ2) is 5.71. The van der Waals surface area contributed by atoms with Crippen molar-refractivity contribution >= 4 is 17.4 Å². The third kappa shape index (κ3) is 2.35. The van der Waals surface area contributed by atoms with Crippen molar-refractivity contribution in [3.63, 3.8) is 0 Å². The summed E-state index contributed by atoms with van der Waals surface area (Å²) in [4.78, 5) is 24.1. The van der Waals surface area contributed by atoms with E-state index in [1.807, 2.05) is 36.4 Å². The van der Waals surface area contributed by atoms with Gasteiger partial charge in [0.15, 0.2) is 5.41 Å². The molecule has 0 saturated heterocycles. The highest BCUT2D eigenvalue weighted by atomic mass is 16.5. The summed E-state index contributed by atoms with van der Waals surface area (Å²) in [6, 6.07) is 9.51. The Morgan fingerprint density at radius 3 is 2.50 bits per heavy atom. The number of amides is 2. The lowest BCUT2D eigenvalue weighted by Crippen LogP contribution is -2.49. The summed E-state index contributed by atoms with van der Waals surface area (Å²) in [5.74, 6) is -1.20. The minimum absolute atomic E-state index is 0.194. The first-order valence-corrected chi connectivity index (χ1v) is 6.24. The number of hydrogen-bond acceptors (Lipinski definition) is 3. The summed E-state index contributed by atoms with van der Waals surface area (Å²) in [6.45, 7) is 0. The Kier molecular flexibility index (Phi) is 4.00. The highest BCUT2D eigenvalue weighted by Gasteiger charge is 2.44. The average Bonchev–Trinajstić information content (AvgIpc) is 2.54. The Morgan fingerprint density at radius 1 is 1.20 bits per heavy atom. The smallest absolute Gasteiger partial charge is 0.263 e. The van der Waals surface area contributed by atoms with Gasteiger partial charge in [-0.25, -0.2) is 5.48 Å². The number of rotatable bonds is 3. The minimum atomic E-state index is -1.43. The van der Waals surface area contributed by atoms with Crippen molar-refractivity contribution in [2.24, 2.45) is 5.41 Å². The summed E-state index contributed by atoms with van der Waals surface area (Å²) in [5, 5.41) is 11.4. The standard InChI is InChI=1S/C15H16N2O3/c1-16-13(18)15(14(19)17-20)9-5-8-12(10-15)11-6-3-2-4-7-11/h2-9,20H,10H2,1H3,(H,16,18)(H,17,19). The van der Waals surface area contributed by atoms with Gasteiger partial charge in [-0.3, -0.25) is 14.8 Å². The van der Waals surface area contributed by atoms with E-state index in [1.54, 1.807) is 11.6 Å². The van der Waals surface area contributed by atoms with Crippen LogP contribution >= 0.6 is 0 Å². The maximum atomic E-state index is 12.1. The highest BCUT2D eigenvalue weighted by molar-refractivity contribution is 6.08. The second-order valence-electron chi connectivity index (χ2n) is 4.59. The van der Waals surface area contributed by atoms with Crippen molar-refractivity contribution in [1.29, 1.82) is 0 Å². The van der Waals surface area contributed by atoms with Crippen molar-refractivity contribution in [3.05, 3.63) is 54.1 Å². The van der Waals surface area contributed by atoms with Crippen LogP contribution in [0.3, 0.4) is 0 Å². The van der Waals surface area contributed by atoms with Gasteiger partial charge < -0.3 is 5.32 Å². The monoisotopic (exact) mass is 272 g/mol. The Labute approximate surface area is 117 Å². The number of hydrogen-bond donors (Lipinski definition) is 3. The van der Waals surface area contributed by atoms with E-state index >= 15 is 0 Å². The molecule has 0 radical (unpaired) electrons. The number of carbonyl (C=O) groups excluding carboxylic acids is 2. The van der Waals surface area contributed by atoms with Crippen molar-refractivity contribution < 1.29 is 14.8 Å². The van der Waals surface area contributed by atoms with Gasteiger partial charge in [-0.05, 0) is 17.6 Å². The Balaban J connectivity index is 2.40. The fourth-order valence-corrected chi connectivity index (χ4v) is 2.34. The lowest BCUT2D eigenvalue weighted by molar-refractivity contribution is -0.145. The quantitative estimate of drug-likeness (QED) is 0.440. The largest absolute Gasteiger partial charge is 0.358 e. The van der Waals surface area contributed by atoms with E-state index in [2.05, 4.69) is 5.32 Å². The molecule has 0 aromatic heterocycles. The first kappa shape index (κ1) is 14.0. The number of carbonyl (C=O) groups is 2. The molecule has 5 heteroatoms. The Bertz CT molecular complexity index is 560. The molecule has 2 rings (SSSR count). The van der Waals surface area contributed by atoms with Gasteiger partial charge in [0, 0.05) is 7.05 Å². The van der Waals surface area contributed by atoms with Gasteiger partial charge in [0.25, 0.3) is 5.91 Å². The van der Waals surface area contributed by atoms with Crippen LogP contribution in [0.5, 0.6) is 0 Å². The van der Waals surface area contributed by atoms with E-state index in [9.17, 15) is 9.59 Å². The molecule has 3 N–H and O–H groups in total. The molecule has 0 spiro atoms. The minimum Gasteiger partial charge on any atom is -0.358 e. The van der Waals surface area contributed by atoms with E-state index in [1.165, 1.54) is 13.1 Å². The van der Waals surface area contributed by atoms with E-state index in [-0.39, 0.29) is 6.42 Å². The van der Waals surface area contributed by atoms with Crippen LogP contribution in [-0.4, -0.2) is 24.1 Å². The van der Waals surface area contributed by atoms with E-state index in [4.69, 9.17) is 5.21 Å². The van der Waals surface area contributed by atoms with Crippen LogP contribution in [0.1, 0.15) is 12.0 Å². The van der Waals surface area contributed by atoms with Gasteiger partial charge in [0.1, 0.15) is 0 Å². The topological polar surface area (TPSA) is 78.4 Å². The van der Waals surface area contributed by atoms with Crippen LogP contribution in [0.25, 0.3) is 5.57 Å². The van der Waals surface area contributed by atoms with Gasteiger partial charge >= 0.3 is 0 Å². The fourth-order valence-electron chi connectivity index (χ4n) is 2.34. The van der Waals surface area contributed by atoms with Gasteiger partial charge in [0.05, 0.1) is 0 Å². The van der Waals surface area contributed by atoms with Gasteiger partial charge in [-0.2, -0.15) is 0 Å². The maximum absolute atomic E-state index is 12.1. The molecule has 0 aliphatic heterocycles. The van der Waals surface area contributed by atoms with E-state index < -0.39 is 17.2 Å². The molecule has 104 valence electrons. The molecule has 1 atom stereocenters. The van der Waals surface area contributed by atoms with Crippen LogP contribution in [0.15, 0.2) is 48.6 Å². The molecule has 1 aromatic carbocycles. The molecular formula is C15H16N2O3. The molecule has 0 bridgehead atoms. The zero-order valence-electron chi connectivity index (χ0n) is 11.1. The molecule has 5 nitrogen and oxygen atoms in total. The molecule has 1 aliphatic carbocycles. The van der Waals surface area contributed by atoms with Gasteiger partial charge in [-0.15, -0.1) is 0 Å². The number of hydroxylamine groups is 1. The van der Waals surface area contributed by atoms with Crippen LogP contribution in [0.2, 0.25) is 0 Å². The van der Waals surface area contributed by atoms with Crippen LogP contribution in [0, 0.1) is 5.41 Å². The van der Waals surface area contributed by atoms with E-state index in [0.29, 0.717) is 0 Å². The third-order valence-corrected chi connectivity index (χ3v) is 3.43. The van der Waals surface area contributed by atoms with Crippen LogP contribution in [-0.2, 0) is 9.59 Å². The third-order valence-electron chi connectivity index (χ3n) is 3.43. The zero-order valence-corrected chi connectivity index (χ0v) is 11.1. The second-order valence-corrected chi connectivity index (χ2v) is 4.59. The number of nitrogens with one attached hydrogen (secondary N) is 2. The Hall–Kier alpha value is -2.40. The molecule has 0 saturated carbocycles. The van der Waals surface area contributed by atoms with Gasteiger partial charge in [0.2, 0.25) is 5.91 Å². The number of benzene rings is 1. The molecule has 0 heterocycles. The first-order chi connectivity index (χ1) is 9.64. The molecule has 2 amide bonds. The first-order valence-electron chi connectivity index (χ1n) is 6.24. The lowest BCUT2D eigenvalue weighted by atomic mass is 9.75. The van der Waals surface area contributed by atoms with Crippen LogP contribution in [0.4, 0.5) is 0 Å². The Morgan fingerprint density at radius 2 is 1.90 bits per heavy atom. The summed E-state index contributed by atoms with van der Waals surface area (Å²) in [7, 11) is 1.46. The van der Waals surface area contributed by atoms with Gasteiger partial charge in [-0.1, -0.05) is 48.6 Å². The molecule has 1 aliphatic rings. The van der Waals surface area contributed by atoms with Crippen molar-refractivity contribution in [3.8, 4) is 0 Å². The SMILES string of the molecule is CNC(=O)C1(C(=O)NO)C=CC=C(c2ccccc2)C1. The summed E-state index contributed by atoms with van der Waals surface area (Å²) in [6.07, 6.45) is 5.22. The predicted molar refractivity (Wildman–Crippen MR) is 74.6 cm³/mol. The zero-order chi connectivity index (χ0) is 14.6. The number of allylic oxidation sites excluding steroid dienone is 3. The fraction of sp³-hybridized carbons (Fsp3) is 0.200. The lowest BCUT2D eigenvalue weighted by Gasteiger charge is -2.29. The maximum Gasteiger partial charge on any atom is 0.263 e. The molecule has 20 heavy (non-hydrogen) atoms. The summed E-state index contributed by atoms with van der Waals surface area (Å²) in [5.41, 5.74) is 1.96. The molecule has 0 fully saturated rings.